The standard InChI is InChI=1S/C31H28F3N7O/c1-20-13-26(39-29(14-20)40-28-17-24(7-10-36-28)31(32,33)34)23-5-6-27(37-19-23)38-25-8-11-41(12-9-25)30(42)16-21-3-2-4-22(15-21)18-35/h2-7,10,13-15,17,19,25H,8-9,11-12,16H2,1H3,(H,37,38)(H,36,39,40). The number of benzene rings is 1. The van der Waals surface area contributed by atoms with Crippen LogP contribution < -0.4 is 10.6 Å². The molecule has 214 valence electrons. The highest BCUT2D eigenvalue weighted by atomic mass is 19.4. The van der Waals surface area contributed by atoms with Crippen LogP contribution in [0.25, 0.3) is 11.3 Å². The summed E-state index contributed by atoms with van der Waals surface area (Å²) in [4.78, 5) is 27.7. The molecule has 1 aliphatic heterocycles. The maximum atomic E-state index is 13.1. The number of aromatic nitrogens is 3. The highest BCUT2D eigenvalue weighted by molar-refractivity contribution is 5.79. The van der Waals surface area contributed by atoms with Gasteiger partial charge in [0.25, 0.3) is 0 Å². The van der Waals surface area contributed by atoms with Gasteiger partial charge >= 0.3 is 6.18 Å². The molecule has 0 bridgehead atoms. The van der Waals surface area contributed by atoms with Crippen LogP contribution in [0.15, 0.2) is 73.1 Å². The Morgan fingerprint density at radius 3 is 2.55 bits per heavy atom. The van der Waals surface area contributed by atoms with Crippen molar-refractivity contribution in [2.45, 2.75) is 38.4 Å². The van der Waals surface area contributed by atoms with Crippen molar-refractivity contribution in [3.63, 3.8) is 0 Å². The number of nitrogens with zero attached hydrogens (tertiary/aromatic N) is 5. The van der Waals surface area contributed by atoms with Gasteiger partial charge in [-0.15, -0.1) is 0 Å². The maximum absolute atomic E-state index is 13.1. The van der Waals surface area contributed by atoms with Crippen LogP contribution in [0.2, 0.25) is 0 Å². The van der Waals surface area contributed by atoms with Gasteiger partial charge in [-0.25, -0.2) is 15.0 Å². The number of amides is 1. The van der Waals surface area contributed by atoms with Gasteiger partial charge in [-0.3, -0.25) is 4.79 Å². The zero-order valence-corrected chi connectivity index (χ0v) is 22.8. The number of alkyl halides is 3. The number of nitrogens with one attached hydrogen (secondary N) is 2. The number of anilines is 3. The van der Waals surface area contributed by atoms with Crippen molar-refractivity contribution >= 4 is 23.4 Å². The Morgan fingerprint density at radius 2 is 1.83 bits per heavy atom. The molecule has 0 spiro atoms. The van der Waals surface area contributed by atoms with E-state index in [-0.39, 0.29) is 24.2 Å². The fourth-order valence-electron chi connectivity index (χ4n) is 4.84. The summed E-state index contributed by atoms with van der Waals surface area (Å²) in [6, 6.07) is 18.6. The fraction of sp³-hybridized carbons (Fsp3) is 0.258. The lowest BCUT2D eigenvalue weighted by Crippen LogP contribution is -2.43. The zero-order valence-electron chi connectivity index (χ0n) is 22.8. The second-order valence-electron chi connectivity index (χ2n) is 10.2. The molecule has 3 aromatic heterocycles. The molecule has 0 atom stereocenters. The molecule has 4 heterocycles. The van der Waals surface area contributed by atoms with E-state index in [9.17, 15) is 18.0 Å². The third-order valence-electron chi connectivity index (χ3n) is 6.98. The molecule has 0 unspecified atom stereocenters. The van der Waals surface area contributed by atoms with Gasteiger partial charge in [0.15, 0.2) is 0 Å². The number of rotatable bonds is 7. The van der Waals surface area contributed by atoms with Gasteiger partial charge in [-0.05, 0) is 79.4 Å². The van der Waals surface area contributed by atoms with E-state index in [1.807, 2.05) is 36.1 Å². The number of carbonyl (C=O) groups is 1. The number of halogens is 3. The van der Waals surface area contributed by atoms with Crippen LogP contribution in [0.3, 0.4) is 0 Å². The third kappa shape index (κ3) is 7.20. The highest BCUT2D eigenvalue weighted by Crippen LogP contribution is 2.31. The third-order valence-corrected chi connectivity index (χ3v) is 6.98. The van der Waals surface area contributed by atoms with Crippen LogP contribution in [-0.4, -0.2) is 44.9 Å². The molecule has 4 aromatic rings. The second-order valence-corrected chi connectivity index (χ2v) is 10.2. The zero-order chi connectivity index (χ0) is 29.7. The van der Waals surface area contributed by atoms with E-state index in [1.165, 1.54) is 0 Å². The average molecular weight is 572 g/mol. The molecule has 5 rings (SSSR count). The molecule has 0 saturated carbocycles. The van der Waals surface area contributed by atoms with E-state index in [2.05, 4.69) is 31.7 Å². The summed E-state index contributed by atoms with van der Waals surface area (Å²) in [5.74, 6) is 1.18. The number of carbonyl (C=O) groups excluding carboxylic acids is 1. The van der Waals surface area contributed by atoms with Crippen LogP contribution >= 0.6 is 0 Å². The van der Waals surface area contributed by atoms with Crippen LogP contribution in [0, 0.1) is 18.3 Å². The molecule has 2 N–H and O–H groups in total. The van der Waals surface area contributed by atoms with Gasteiger partial charge in [-0.1, -0.05) is 12.1 Å². The van der Waals surface area contributed by atoms with Gasteiger partial charge in [0.05, 0.1) is 29.3 Å². The summed E-state index contributed by atoms with van der Waals surface area (Å²) in [7, 11) is 0. The van der Waals surface area contributed by atoms with Gasteiger partial charge in [-0.2, -0.15) is 18.4 Å². The molecule has 1 fully saturated rings. The summed E-state index contributed by atoms with van der Waals surface area (Å²) in [6.45, 7) is 3.15. The van der Waals surface area contributed by atoms with Crippen LogP contribution in [0.4, 0.5) is 30.6 Å². The van der Waals surface area contributed by atoms with E-state index in [0.717, 1.165) is 47.9 Å². The molecule has 1 amide bonds. The summed E-state index contributed by atoms with van der Waals surface area (Å²) in [5, 5.41) is 15.4. The lowest BCUT2D eigenvalue weighted by Gasteiger charge is -2.32. The Bertz CT molecular complexity index is 1610. The monoisotopic (exact) mass is 571 g/mol. The smallest absolute Gasteiger partial charge is 0.367 e. The molecule has 1 aromatic carbocycles. The van der Waals surface area contributed by atoms with E-state index >= 15 is 0 Å². The molecule has 0 radical (unpaired) electrons. The largest absolute Gasteiger partial charge is 0.416 e. The summed E-state index contributed by atoms with van der Waals surface area (Å²) < 4.78 is 39.2. The number of nitriles is 1. The predicted molar refractivity (Wildman–Crippen MR) is 153 cm³/mol. The van der Waals surface area contributed by atoms with E-state index in [4.69, 9.17) is 5.26 Å². The van der Waals surface area contributed by atoms with Crippen molar-refractivity contribution < 1.29 is 18.0 Å². The molecule has 8 nitrogen and oxygen atoms in total. The summed E-state index contributed by atoms with van der Waals surface area (Å²) in [6.07, 6.45) is 0.182. The Labute approximate surface area is 241 Å². The number of aryl methyl sites for hydroxylation is 1. The van der Waals surface area contributed by atoms with E-state index in [1.54, 1.807) is 30.5 Å². The van der Waals surface area contributed by atoms with Gasteiger partial charge < -0.3 is 15.5 Å². The lowest BCUT2D eigenvalue weighted by atomic mass is 10.0. The minimum absolute atomic E-state index is 0.0486. The number of piperidine rings is 1. The van der Waals surface area contributed by atoms with Crippen LogP contribution in [0.5, 0.6) is 0 Å². The molecule has 42 heavy (non-hydrogen) atoms. The normalized spacial score (nSPS) is 13.8. The van der Waals surface area contributed by atoms with Crippen molar-refractivity contribution in [3.8, 4) is 17.3 Å². The fourth-order valence-corrected chi connectivity index (χ4v) is 4.84. The van der Waals surface area contributed by atoms with Crippen molar-refractivity contribution in [3.05, 3.63) is 95.3 Å². The first kappa shape index (κ1) is 28.5. The number of hydrogen-bond donors (Lipinski definition) is 2. The topological polar surface area (TPSA) is 107 Å². The Hall–Kier alpha value is -4.98. The maximum Gasteiger partial charge on any atom is 0.416 e. The lowest BCUT2D eigenvalue weighted by molar-refractivity contribution is -0.137. The first-order valence-corrected chi connectivity index (χ1v) is 13.4. The van der Waals surface area contributed by atoms with E-state index in [0.29, 0.717) is 36.0 Å². The Kier molecular flexibility index (Phi) is 8.33. The minimum atomic E-state index is -4.47. The second kappa shape index (κ2) is 12.3. The quantitative estimate of drug-likeness (QED) is 0.275. The van der Waals surface area contributed by atoms with Crippen molar-refractivity contribution in [1.29, 1.82) is 5.26 Å². The molecule has 1 aliphatic rings. The number of likely N-dealkylation sites (tertiary alicyclic amines) is 1. The van der Waals surface area contributed by atoms with Crippen molar-refractivity contribution in [1.82, 2.24) is 19.9 Å². The van der Waals surface area contributed by atoms with Gasteiger partial charge in [0, 0.05) is 37.1 Å². The first-order chi connectivity index (χ1) is 20.2. The molecular weight excluding hydrogens is 543 g/mol. The highest BCUT2D eigenvalue weighted by Gasteiger charge is 2.30. The molecular formula is C31H28F3N7O. The SMILES string of the molecule is Cc1cc(Nc2cc(C(F)(F)F)ccn2)nc(-c2ccc(NC3CCN(C(=O)Cc4cccc(C#N)c4)CC3)nc2)c1. The van der Waals surface area contributed by atoms with Crippen molar-refractivity contribution in [2.75, 3.05) is 23.7 Å². The number of pyridine rings is 3. The summed E-state index contributed by atoms with van der Waals surface area (Å²) in [5.41, 5.74) is 2.84. The first-order valence-electron chi connectivity index (χ1n) is 13.4. The van der Waals surface area contributed by atoms with Gasteiger partial charge in [0.1, 0.15) is 17.5 Å². The van der Waals surface area contributed by atoms with E-state index < -0.39 is 11.7 Å². The average Bonchev–Trinajstić information content (AvgIpc) is 2.97. The molecule has 0 aliphatic carbocycles. The van der Waals surface area contributed by atoms with Crippen LogP contribution in [-0.2, 0) is 17.4 Å². The van der Waals surface area contributed by atoms with Crippen molar-refractivity contribution in [2.24, 2.45) is 0 Å². The Morgan fingerprint density at radius 1 is 1.02 bits per heavy atom. The molecule has 11 heteroatoms. The predicted octanol–water partition coefficient (Wildman–Crippen LogP) is 6.13. The van der Waals surface area contributed by atoms with Gasteiger partial charge in [0.2, 0.25) is 5.91 Å². The number of hydrogen-bond acceptors (Lipinski definition) is 7. The summed E-state index contributed by atoms with van der Waals surface area (Å²) >= 11 is 0. The molecule has 1 saturated heterocycles. The minimum Gasteiger partial charge on any atom is -0.367 e. The van der Waals surface area contributed by atoms with Crippen LogP contribution in [0.1, 0.15) is 35.1 Å². The Balaban J connectivity index is 1.17.